The van der Waals surface area contributed by atoms with E-state index < -0.39 is 28.1 Å². The SMILES string of the molecule is O=C(Nc1nc(CCO)cs1)[C@H](CC1C[C@@H](F)[C@@H](F)C1)c1ccc(S(=O)(=O)C2CC2)cc1. The average Bonchev–Trinajstić information content (AvgIpc) is 3.47. The number of aliphatic hydroxyl groups excluding tert-OH is 1. The summed E-state index contributed by atoms with van der Waals surface area (Å²) in [7, 11) is -3.35. The van der Waals surface area contributed by atoms with Gasteiger partial charge < -0.3 is 10.4 Å². The molecule has 4 atom stereocenters. The van der Waals surface area contributed by atoms with Crippen LogP contribution in [0.4, 0.5) is 13.9 Å². The number of sulfone groups is 1. The molecule has 0 spiro atoms. The summed E-state index contributed by atoms with van der Waals surface area (Å²) in [6, 6.07) is 6.26. The van der Waals surface area contributed by atoms with Crippen molar-refractivity contribution in [1.29, 1.82) is 0 Å². The van der Waals surface area contributed by atoms with E-state index in [1.165, 1.54) is 23.5 Å². The number of hydrogen-bond acceptors (Lipinski definition) is 6. The predicted octanol–water partition coefficient (Wildman–Crippen LogP) is 3.81. The second-order valence-corrected chi connectivity index (χ2v) is 11.7. The molecule has 2 aromatic rings. The third kappa shape index (κ3) is 5.18. The number of carbonyl (C=O) groups excluding carboxylic acids is 1. The molecule has 0 radical (unpaired) electrons. The van der Waals surface area contributed by atoms with E-state index in [0.717, 1.165) is 0 Å². The fourth-order valence-corrected chi connectivity index (χ4v) is 6.60. The summed E-state index contributed by atoms with van der Waals surface area (Å²) in [6.45, 7) is -0.0493. The van der Waals surface area contributed by atoms with E-state index in [4.69, 9.17) is 5.11 Å². The van der Waals surface area contributed by atoms with Crippen molar-refractivity contribution < 1.29 is 27.1 Å². The van der Waals surface area contributed by atoms with Gasteiger partial charge in [-0.25, -0.2) is 22.2 Å². The number of rotatable bonds is 9. The number of halogens is 2. The van der Waals surface area contributed by atoms with Gasteiger partial charge in [-0.05, 0) is 55.7 Å². The van der Waals surface area contributed by atoms with E-state index in [1.54, 1.807) is 17.5 Å². The molecular formula is C22H26F2N2O4S2. The third-order valence-electron chi connectivity index (χ3n) is 6.12. The average molecular weight is 485 g/mol. The minimum Gasteiger partial charge on any atom is -0.396 e. The molecular weight excluding hydrogens is 458 g/mol. The maximum atomic E-state index is 13.7. The van der Waals surface area contributed by atoms with Gasteiger partial charge in [0.2, 0.25) is 5.91 Å². The minimum absolute atomic E-state index is 0.0493. The number of amides is 1. The number of aliphatic hydroxyl groups is 1. The Morgan fingerprint density at radius 2 is 1.84 bits per heavy atom. The first-order chi connectivity index (χ1) is 15.3. The Bertz CT molecular complexity index is 1040. The number of carbonyl (C=O) groups is 1. The summed E-state index contributed by atoms with van der Waals surface area (Å²) >= 11 is 1.24. The molecule has 2 fully saturated rings. The Hall–Kier alpha value is -1.91. The van der Waals surface area contributed by atoms with Gasteiger partial charge in [0.25, 0.3) is 0 Å². The number of alkyl halides is 2. The molecule has 0 bridgehead atoms. The third-order valence-corrected chi connectivity index (χ3v) is 9.20. The molecule has 1 aromatic heterocycles. The first kappa shape index (κ1) is 23.3. The summed E-state index contributed by atoms with van der Waals surface area (Å²) in [5.74, 6) is -1.34. The van der Waals surface area contributed by atoms with Crippen LogP contribution < -0.4 is 5.32 Å². The Kier molecular flexibility index (Phi) is 6.92. The lowest BCUT2D eigenvalue weighted by atomic mass is 9.87. The second-order valence-electron chi connectivity index (χ2n) is 8.58. The molecule has 0 aliphatic heterocycles. The van der Waals surface area contributed by atoms with Crippen LogP contribution in [0.25, 0.3) is 0 Å². The van der Waals surface area contributed by atoms with Crippen LogP contribution in [0, 0.1) is 5.92 Å². The summed E-state index contributed by atoms with van der Waals surface area (Å²) < 4.78 is 52.4. The molecule has 32 heavy (non-hydrogen) atoms. The second kappa shape index (κ2) is 9.52. The molecule has 2 aliphatic rings. The maximum Gasteiger partial charge on any atom is 0.233 e. The van der Waals surface area contributed by atoms with Crippen LogP contribution in [-0.4, -0.2) is 48.6 Å². The van der Waals surface area contributed by atoms with E-state index in [2.05, 4.69) is 10.3 Å². The first-order valence-electron chi connectivity index (χ1n) is 10.8. The molecule has 6 nitrogen and oxygen atoms in total. The van der Waals surface area contributed by atoms with E-state index in [1.807, 2.05) is 0 Å². The van der Waals surface area contributed by atoms with Gasteiger partial charge in [0, 0.05) is 18.4 Å². The highest BCUT2D eigenvalue weighted by Gasteiger charge is 2.38. The van der Waals surface area contributed by atoms with Crippen LogP contribution in [0.2, 0.25) is 0 Å². The van der Waals surface area contributed by atoms with Crippen molar-refractivity contribution in [3.8, 4) is 0 Å². The molecule has 10 heteroatoms. The van der Waals surface area contributed by atoms with Gasteiger partial charge >= 0.3 is 0 Å². The van der Waals surface area contributed by atoms with Crippen molar-refractivity contribution in [3.05, 3.63) is 40.9 Å². The normalized spacial score (nSPS) is 24.4. The van der Waals surface area contributed by atoms with Crippen LogP contribution in [0.1, 0.15) is 49.3 Å². The fraction of sp³-hybridized carbons (Fsp3) is 0.545. The van der Waals surface area contributed by atoms with E-state index >= 15 is 0 Å². The monoisotopic (exact) mass is 484 g/mol. The zero-order valence-corrected chi connectivity index (χ0v) is 19.0. The Labute approximate surface area is 190 Å². The first-order valence-corrected chi connectivity index (χ1v) is 13.2. The van der Waals surface area contributed by atoms with Crippen molar-refractivity contribution in [1.82, 2.24) is 4.98 Å². The van der Waals surface area contributed by atoms with Crippen LogP contribution in [0.5, 0.6) is 0 Å². The smallest absolute Gasteiger partial charge is 0.233 e. The van der Waals surface area contributed by atoms with Gasteiger partial charge in [0.15, 0.2) is 15.0 Å². The molecule has 2 saturated carbocycles. The summed E-state index contributed by atoms with van der Waals surface area (Å²) in [4.78, 5) is 17.6. The number of thiazole rings is 1. The highest BCUT2D eigenvalue weighted by Crippen LogP contribution is 2.39. The molecule has 2 N–H and O–H groups in total. The van der Waals surface area contributed by atoms with Crippen LogP contribution in [0.15, 0.2) is 34.5 Å². The summed E-state index contributed by atoms with van der Waals surface area (Å²) in [5.41, 5.74) is 1.26. The lowest BCUT2D eigenvalue weighted by Crippen LogP contribution is -2.23. The van der Waals surface area contributed by atoms with Crippen molar-refractivity contribution in [2.75, 3.05) is 11.9 Å². The molecule has 2 aliphatic carbocycles. The van der Waals surface area contributed by atoms with Gasteiger partial charge in [0.05, 0.1) is 21.8 Å². The topological polar surface area (TPSA) is 96.4 Å². The number of nitrogens with one attached hydrogen (secondary N) is 1. The molecule has 174 valence electrons. The molecule has 1 aromatic carbocycles. The van der Waals surface area contributed by atoms with Gasteiger partial charge in [-0.2, -0.15) is 0 Å². The lowest BCUT2D eigenvalue weighted by molar-refractivity contribution is -0.118. The number of anilines is 1. The summed E-state index contributed by atoms with van der Waals surface area (Å²) in [5, 5.41) is 13.6. The number of benzene rings is 1. The molecule has 1 amide bonds. The zero-order valence-electron chi connectivity index (χ0n) is 17.4. The van der Waals surface area contributed by atoms with E-state index in [0.29, 0.717) is 35.7 Å². The van der Waals surface area contributed by atoms with Gasteiger partial charge in [-0.3, -0.25) is 4.79 Å². The molecule has 0 saturated heterocycles. The van der Waals surface area contributed by atoms with Gasteiger partial charge in [-0.1, -0.05) is 12.1 Å². The highest BCUT2D eigenvalue weighted by atomic mass is 32.2. The Morgan fingerprint density at radius 1 is 1.19 bits per heavy atom. The van der Waals surface area contributed by atoms with Gasteiger partial charge in [0.1, 0.15) is 12.3 Å². The maximum absolute atomic E-state index is 13.7. The summed E-state index contributed by atoms with van der Waals surface area (Å²) in [6.07, 6.45) is -0.936. The van der Waals surface area contributed by atoms with Crippen molar-refractivity contribution >= 4 is 32.2 Å². The minimum atomic E-state index is -3.35. The number of nitrogens with zero attached hydrogens (tertiary/aromatic N) is 1. The number of hydrogen-bond donors (Lipinski definition) is 2. The highest BCUT2D eigenvalue weighted by molar-refractivity contribution is 7.92. The van der Waals surface area contributed by atoms with E-state index in [9.17, 15) is 22.0 Å². The van der Waals surface area contributed by atoms with Crippen molar-refractivity contribution in [3.63, 3.8) is 0 Å². The van der Waals surface area contributed by atoms with Crippen molar-refractivity contribution in [2.24, 2.45) is 5.92 Å². The molecule has 1 unspecified atom stereocenters. The van der Waals surface area contributed by atoms with E-state index in [-0.39, 0.29) is 47.8 Å². The Balaban J connectivity index is 1.54. The number of aromatic nitrogens is 1. The van der Waals surface area contributed by atoms with Crippen molar-refractivity contribution in [2.45, 2.75) is 66.9 Å². The molecule has 4 rings (SSSR count). The van der Waals surface area contributed by atoms with Crippen LogP contribution in [-0.2, 0) is 21.1 Å². The fourth-order valence-electron chi connectivity index (χ4n) is 4.20. The lowest BCUT2D eigenvalue weighted by Gasteiger charge is -2.20. The van der Waals surface area contributed by atoms with Crippen LogP contribution >= 0.6 is 11.3 Å². The Morgan fingerprint density at radius 3 is 2.44 bits per heavy atom. The zero-order chi connectivity index (χ0) is 22.9. The van der Waals surface area contributed by atoms with Crippen LogP contribution in [0.3, 0.4) is 0 Å². The predicted molar refractivity (Wildman–Crippen MR) is 118 cm³/mol. The largest absolute Gasteiger partial charge is 0.396 e. The van der Waals surface area contributed by atoms with Gasteiger partial charge in [-0.15, -0.1) is 11.3 Å². The quantitative estimate of drug-likeness (QED) is 0.564. The molecule has 1 heterocycles. The standard InChI is InChI=1S/C22H26F2N2O4S2/c23-19-10-13(11-20(19)24)9-18(21(28)26-22-25-15(7-8-27)12-31-22)14-1-3-16(4-2-14)32(29,30)17-5-6-17/h1-4,12-13,17-20,27H,5-11H2,(H,25,26,28)/t13?,18-,19-,20+/m1/s1.